The van der Waals surface area contributed by atoms with Crippen molar-refractivity contribution in [3.05, 3.63) is 23.8 Å². The average Bonchev–Trinajstić information content (AvgIpc) is 3.14. The first-order chi connectivity index (χ1) is 11.6. The predicted molar refractivity (Wildman–Crippen MR) is 88.2 cm³/mol. The van der Waals surface area contributed by atoms with E-state index in [0.29, 0.717) is 37.5 Å². The van der Waals surface area contributed by atoms with Gasteiger partial charge in [-0.15, -0.1) is 0 Å². The molecule has 1 atom stereocenters. The molecule has 1 aliphatic heterocycles. The third kappa shape index (κ3) is 5.13. The molecule has 7 heteroatoms. The molecule has 2 rings (SSSR count). The molecule has 1 fully saturated rings. The molecular weight excluding hydrogens is 312 g/mol. The topological polar surface area (TPSA) is 85.9 Å². The van der Waals surface area contributed by atoms with Gasteiger partial charge in [-0.1, -0.05) is 6.07 Å². The minimum Gasteiger partial charge on any atom is -0.493 e. The summed E-state index contributed by atoms with van der Waals surface area (Å²) in [5.41, 5.74) is 1.02. The Balaban J connectivity index is 1.69. The SMILES string of the molecule is COc1ccc(CCNC(=O)CNC(=O)C2CCCO2)cc1OC. The zero-order valence-electron chi connectivity index (χ0n) is 14.1. The minimum absolute atomic E-state index is 0.0371. The Morgan fingerprint density at radius 1 is 1.21 bits per heavy atom. The van der Waals surface area contributed by atoms with Gasteiger partial charge >= 0.3 is 0 Å². The molecule has 2 amide bonds. The van der Waals surface area contributed by atoms with Gasteiger partial charge in [-0.05, 0) is 37.0 Å². The van der Waals surface area contributed by atoms with Crippen molar-refractivity contribution >= 4 is 11.8 Å². The molecule has 0 bridgehead atoms. The summed E-state index contributed by atoms with van der Waals surface area (Å²) in [7, 11) is 3.17. The van der Waals surface area contributed by atoms with Crippen LogP contribution in [0.1, 0.15) is 18.4 Å². The molecule has 24 heavy (non-hydrogen) atoms. The largest absolute Gasteiger partial charge is 0.493 e. The molecule has 132 valence electrons. The van der Waals surface area contributed by atoms with Gasteiger partial charge in [0.2, 0.25) is 11.8 Å². The number of carbonyl (C=O) groups is 2. The van der Waals surface area contributed by atoms with Crippen LogP contribution < -0.4 is 20.1 Å². The number of ether oxygens (including phenoxy) is 3. The first kappa shape index (κ1) is 18.1. The van der Waals surface area contributed by atoms with Crippen LogP contribution in [0, 0.1) is 0 Å². The molecular formula is C17H24N2O5. The van der Waals surface area contributed by atoms with E-state index >= 15 is 0 Å². The standard InChI is InChI=1S/C17H24N2O5/c1-22-13-6-5-12(10-15(13)23-2)7-8-18-16(20)11-19-17(21)14-4-3-9-24-14/h5-6,10,14H,3-4,7-9,11H2,1-2H3,(H,18,20)(H,19,21). The summed E-state index contributed by atoms with van der Waals surface area (Å²) in [4.78, 5) is 23.5. The lowest BCUT2D eigenvalue weighted by atomic mass is 10.1. The highest BCUT2D eigenvalue weighted by Crippen LogP contribution is 2.27. The summed E-state index contributed by atoms with van der Waals surface area (Å²) >= 11 is 0. The first-order valence-corrected chi connectivity index (χ1v) is 8.01. The second-order valence-corrected chi connectivity index (χ2v) is 5.51. The van der Waals surface area contributed by atoms with Gasteiger partial charge in [0.15, 0.2) is 11.5 Å². The molecule has 1 aromatic carbocycles. The predicted octanol–water partition coefficient (Wildman–Crippen LogP) is 0.658. The molecule has 1 aliphatic rings. The number of amides is 2. The molecule has 1 aromatic rings. The summed E-state index contributed by atoms with van der Waals surface area (Å²) < 4.78 is 15.7. The second kappa shape index (κ2) is 9.12. The van der Waals surface area contributed by atoms with Crippen LogP contribution in [0.5, 0.6) is 11.5 Å². The van der Waals surface area contributed by atoms with E-state index in [1.165, 1.54) is 0 Å². The molecule has 0 aromatic heterocycles. The number of rotatable bonds is 8. The van der Waals surface area contributed by atoms with Crippen LogP contribution >= 0.6 is 0 Å². The Morgan fingerprint density at radius 3 is 2.67 bits per heavy atom. The maximum Gasteiger partial charge on any atom is 0.249 e. The summed E-state index contributed by atoms with van der Waals surface area (Å²) in [6.07, 6.45) is 1.85. The average molecular weight is 336 g/mol. The highest BCUT2D eigenvalue weighted by molar-refractivity contribution is 5.86. The van der Waals surface area contributed by atoms with Crippen molar-refractivity contribution in [3.63, 3.8) is 0 Å². The van der Waals surface area contributed by atoms with Crippen molar-refractivity contribution < 1.29 is 23.8 Å². The van der Waals surface area contributed by atoms with Gasteiger partial charge in [0.25, 0.3) is 0 Å². The highest BCUT2D eigenvalue weighted by atomic mass is 16.5. The normalized spacial score (nSPS) is 16.5. The maximum atomic E-state index is 11.8. The molecule has 0 radical (unpaired) electrons. The van der Waals surface area contributed by atoms with Crippen molar-refractivity contribution in [2.24, 2.45) is 0 Å². The zero-order chi connectivity index (χ0) is 17.4. The van der Waals surface area contributed by atoms with Crippen LogP contribution in [0.3, 0.4) is 0 Å². The third-order valence-electron chi connectivity index (χ3n) is 3.83. The fraction of sp³-hybridized carbons (Fsp3) is 0.529. The molecule has 0 saturated carbocycles. The number of hydrogen-bond acceptors (Lipinski definition) is 5. The molecule has 1 saturated heterocycles. The zero-order valence-corrected chi connectivity index (χ0v) is 14.1. The fourth-order valence-electron chi connectivity index (χ4n) is 2.51. The van der Waals surface area contributed by atoms with Crippen LogP contribution in [-0.2, 0) is 20.7 Å². The Kier molecular flexibility index (Phi) is 6.87. The third-order valence-corrected chi connectivity index (χ3v) is 3.83. The number of methoxy groups -OCH3 is 2. The van der Waals surface area contributed by atoms with E-state index in [-0.39, 0.29) is 18.4 Å². The second-order valence-electron chi connectivity index (χ2n) is 5.51. The molecule has 1 unspecified atom stereocenters. The smallest absolute Gasteiger partial charge is 0.249 e. The van der Waals surface area contributed by atoms with Crippen LogP contribution in [-0.4, -0.2) is 51.8 Å². The summed E-state index contributed by atoms with van der Waals surface area (Å²) in [6, 6.07) is 5.63. The van der Waals surface area contributed by atoms with Gasteiger partial charge in [0.05, 0.1) is 20.8 Å². The fourth-order valence-corrected chi connectivity index (χ4v) is 2.51. The summed E-state index contributed by atoms with van der Waals surface area (Å²) in [6.45, 7) is 1.05. The monoisotopic (exact) mass is 336 g/mol. The maximum absolute atomic E-state index is 11.8. The highest BCUT2D eigenvalue weighted by Gasteiger charge is 2.23. The number of carbonyl (C=O) groups excluding carboxylic acids is 2. The quantitative estimate of drug-likeness (QED) is 0.728. The lowest BCUT2D eigenvalue weighted by Crippen LogP contribution is -2.41. The van der Waals surface area contributed by atoms with Crippen LogP contribution in [0.25, 0.3) is 0 Å². The van der Waals surface area contributed by atoms with Gasteiger partial charge in [-0.3, -0.25) is 9.59 Å². The van der Waals surface area contributed by atoms with Crippen molar-refractivity contribution in [3.8, 4) is 11.5 Å². The van der Waals surface area contributed by atoms with E-state index in [1.54, 1.807) is 14.2 Å². The number of hydrogen-bond donors (Lipinski definition) is 2. The Labute approximate surface area is 141 Å². The van der Waals surface area contributed by atoms with Gasteiger partial charge < -0.3 is 24.8 Å². The van der Waals surface area contributed by atoms with Crippen LogP contribution in [0.4, 0.5) is 0 Å². The molecule has 2 N–H and O–H groups in total. The van der Waals surface area contributed by atoms with Crippen LogP contribution in [0.15, 0.2) is 18.2 Å². The van der Waals surface area contributed by atoms with Crippen molar-refractivity contribution in [1.29, 1.82) is 0 Å². The van der Waals surface area contributed by atoms with E-state index in [9.17, 15) is 9.59 Å². The number of nitrogens with one attached hydrogen (secondary N) is 2. The molecule has 0 spiro atoms. The minimum atomic E-state index is -0.412. The Hall–Kier alpha value is -2.28. The van der Waals surface area contributed by atoms with Crippen molar-refractivity contribution in [2.45, 2.75) is 25.4 Å². The van der Waals surface area contributed by atoms with E-state index < -0.39 is 6.10 Å². The van der Waals surface area contributed by atoms with Gasteiger partial charge in [-0.25, -0.2) is 0 Å². The van der Waals surface area contributed by atoms with E-state index in [1.807, 2.05) is 18.2 Å². The Morgan fingerprint density at radius 2 is 2.00 bits per heavy atom. The molecule has 1 heterocycles. The molecule has 7 nitrogen and oxygen atoms in total. The summed E-state index contributed by atoms with van der Waals surface area (Å²) in [5.74, 6) is 0.886. The van der Waals surface area contributed by atoms with Crippen LogP contribution in [0.2, 0.25) is 0 Å². The van der Waals surface area contributed by atoms with Crippen molar-refractivity contribution in [1.82, 2.24) is 10.6 Å². The van der Waals surface area contributed by atoms with E-state index in [2.05, 4.69) is 10.6 Å². The Bertz CT molecular complexity index is 570. The van der Waals surface area contributed by atoms with E-state index in [4.69, 9.17) is 14.2 Å². The van der Waals surface area contributed by atoms with E-state index in [0.717, 1.165) is 12.0 Å². The lowest BCUT2D eigenvalue weighted by Gasteiger charge is -2.11. The van der Waals surface area contributed by atoms with Gasteiger partial charge in [-0.2, -0.15) is 0 Å². The number of benzene rings is 1. The van der Waals surface area contributed by atoms with Gasteiger partial charge in [0, 0.05) is 13.2 Å². The summed E-state index contributed by atoms with van der Waals surface area (Å²) in [5, 5.41) is 5.37. The lowest BCUT2D eigenvalue weighted by molar-refractivity contribution is -0.132. The van der Waals surface area contributed by atoms with Gasteiger partial charge in [0.1, 0.15) is 6.10 Å². The molecule has 0 aliphatic carbocycles. The first-order valence-electron chi connectivity index (χ1n) is 8.01. The van der Waals surface area contributed by atoms with Crippen molar-refractivity contribution in [2.75, 3.05) is 33.9 Å².